The fourth-order valence-electron chi connectivity index (χ4n) is 5.82. The van der Waals surface area contributed by atoms with Crippen molar-refractivity contribution in [2.75, 3.05) is 0 Å². The first kappa shape index (κ1) is 17.3. The Kier molecular flexibility index (Phi) is 3.52. The van der Waals surface area contributed by atoms with Crippen LogP contribution in [0.4, 0.5) is 0 Å². The zero-order chi connectivity index (χ0) is 20.5. The van der Waals surface area contributed by atoms with Crippen LogP contribution >= 0.6 is 0 Å². The molecule has 0 unspecified atom stereocenters. The van der Waals surface area contributed by atoms with Crippen molar-refractivity contribution in [1.29, 1.82) is 0 Å². The molecule has 0 atom stereocenters. The number of nitrogens with zero attached hydrogens (tertiary/aromatic N) is 1. The van der Waals surface area contributed by atoms with Crippen molar-refractivity contribution in [3.63, 3.8) is 0 Å². The van der Waals surface area contributed by atoms with Gasteiger partial charge in [0.2, 0.25) is 0 Å². The van der Waals surface area contributed by atoms with Crippen LogP contribution in [-0.4, -0.2) is 4.98 Å². The summed E-state index contributed by atoms with van der Waals surface area (Å²) in [6.45, 7) is 2.16. The highest BCUT2D eigenvalue weighted by atomic mass is 16.5. The van der Waals surface area contributed by atoms with Crippen molar-refractivity contribution in [1.82, 2.24) is 4.98 Å². The number of pyridine rings is 1. The van der Waals surface area contributed by atoms with Crippen molar-refractivity contribution < 1.29 is 4.74 Å². The summed E-state index contributed by atoms with van der Waals surface area (Å²) in [4.78, 5) is 4.83. The van der Waals surface area contributed by atoms with Gasteiger partial charge in [0, 0.05) is 17.3 Å². The molecule has 1 aromatic heterocycles. The SMILES string of the molecule is Cc1c2c(cc3ccccc13)-c1nccc3c1c(cc1cc(C4CCCC4)ccc13)O2. The fourth-order valence-corrected chi connectivity index (χ4v) is 5.82. The Bertz CT molecular complexity index is 1530. The van der Waals surface area contributed by atoms with Crippen molar-refractivity contribution in [3.05, 3.63) is 78.0 Å². The first-order valence-corrected chi connectivity index (χ1v) is 11.3. The molecule has 7 rings (SSSR count). The predicted octanol–water partition coefficient (Wildman–Crippen LogP) is 8.28. The number of hydrogen-bond acceptors (Lipinski definition) is 2. The summed E-state index contributed by atoms with van der Waals surface area (Å²) in [6.07, 6.45) is 7.29. The van der Waals surface area contributed by atoms with Gasteiger partial charge in [-0.2, -0.15) is 0 Å². The van der Waals surface area contributed by atoms with Gasteiger partial charge in [-0.15, -0.1) is 0 Å². The van der Waals surface area contributed by atoms with Gasteiger partial charge in [-0.25, -0.2) is 0 Å². The van der Waals surface area contributed by atoms with E-state index in [1.54, 1.807) is 0 Å². The zero-order valence-electron chi connectivity index (χ0n) is 17.6. The van der Waals surface area contributed by atoms with Crippen LogP contribution < -0.4 is 4.74 Å². The summed E-state index contributed by atoms with van der Waals surface area (Å²) in [5.41, 5.74) is 4.78. The van der Waals surface area contributed by atoms with E-state index in [2.05, 4.69) is 67.6 Å². The van der Waals surface area contributed by atoms with Crippen LogP contribution in [-0.2, 0) is 0 Å². The first-order valence-electron chi connectivity index (χ1n) is 11.3. The molecule has 2 aliphatic rings. The molecule has 2 heterocycles. The second-order valence-electron chi connectivity index (χ2n) is 9.12. The lowest BCUT2D eigenvalue weighted by atomic mass is 9.90. The summed E-state index contributed by atoms with van der Waals surface area (Å²) in [6, 6.07) is 22.2. The summed E-state index contributed by atoms with van der Waals surface area (Å²) < 4.78 is 6.62. The van der Waals surface area contributed by atoms with Crippen LogP contribution in [0, 0.1) is 6.92 Å². The maximum atomic E-state index is 6.62. The third kappa shape index (κ3) is 2.42. The van der Waals surface area contributed by atoms with Crippen LogP contribution in [0.1, 0.15) is 42.7 Å². The van der Waals surface area contributed by atoms with Gasteiger partial charge in [0.15, 0.2) is 0 Å². The Morgan fingerprint density at radius 2 is 1.71 bits per heavy atom. The minimum atomic E-state index is 0.708. The minimum absolute atomic E-state index is 0.708. The fraction of sp³-hybridized carbons (Fsp3) is 0.207. The second kappa shape index (κ2) is 6.31. The lowest BCUT2D eigenvalue weighted by molar-refractivity contribution is 0.484. The van der Waals surface area contributed by atoms with Crippen molar-refractivity contribution in [2.45, 2.75) is 38.5 Å². The van der Waals surface area contributed by atoms with E-state index in [1.807, 2.05) is 6.20 Å². The molecular weight excluding hydrogens is 378 g/mol. The average molecular weight is 402 g/mol. The van der Waals surface area contributed by atoms with Gasteiger partial charge in [-0.05, 0) is 76.4 Å². The monoisotopic (exact) mass is 401 g/mol. The van der Waals surface area contributed by atoms with E-state index < -0.39 is 0 Å². The van der Waals surface area contributed by atoms with E-state index in [9.17, 15) is 0 Å². The van der Waals surface area contributed by atoms with Gasteiger partial charge in [0.25, 0.3) is 0 Å². The quantitative estimate of drug-likeness (QED) is 0.259. The van der Waals surface area contributed by atoms with Crippen LogP contribution in [0.15, 0.2) is 66.9 Å². The molecule has 0 radical (unpaired) electrons. The molecule has 0 saturated heterocycles. The van der Waals surface area contributed by atoms with Crippen LogP contribution in [0.3, 0.4) is 0 Å². The Balaban J connectivity index is 1.53. The molecule has 0 spiro atoms. The first-order chi connectivity index (χ1) is 15.3. The third-order valence-electron chi connectivity index (χ3n) is 7.39. The van der Waals surface area contributed by atoms with E-state index in [1.165, 1.54) is 63.7 Å². The highest BCUT2D eigenvalue weighted by molar-refractivity contribution is 6.16. The Morgan fingerprint density at radius 3 is 2.61 bits per heavy atom. The molecule has 2 heteroatoms. The normalized spacial score (nSPS) is 15.5. The molecule has 1 aliphatic heterocycles. The van der Waals surface area contributed by atoms with Crippen molar-refractivity contribution in [3.8, 4) is 22.8 Å². The molecule has 5 aromatic rings. The second-order valence-corrected chi connectivity index (χ2v) is 9.12. The number of ether oxygens (including phenoxy) is 1. The van der Waals surface area contributed by atoms with Crippen molar-refractivity contribution >= 4 is 32.3 Å². The molecule has 0 bridgehead atoms. The predicted molar refractivity (Wildman–Crippen MR) is 128 cm³/mol. The smallest absolute Gasteiger partial charge is 0.140 e. The van der Waals surface area contributed by atoms with Gasteiger partial charge in [-0.3, -0.25) is 4.98 Å². The minimum Gasteiger partial charge on any atom is -0.456 e. The summed E-state index contributed by atoms with van der Waals surface area (Å²) >= 11 is 0. The van der Waals surface area contributed by atoms with E-state index in [-0.39, 0.29) is 0 Å². The highest BCUT2D eigenvalue weighted by Crippen LogP contribution is 2.50. The van der Waals surface area contributed by atoms with Crippen LogP contribution in [0.2, 0.25) is 0 Å². The summed E-state index contributed by atoms with van der Waals surface area (Å²) in [5.74, 6) is 2.58. The zero-order valence-corrected chi connectivity index (χ0v) is 17.6. The lowest BCUT2D eigenvalue weighted by Crippen LogP contribution is -2.02. The van der Waals surface area contributed by atoms with Gasteiger partial charge in [0.1, 0.15) is 11.5 Å². The highest BCUT2D eigenvalue weighted by Gasteiger charge is 2.25. The Labute approximate surface area is 181 Å². The topological polar surface area (TPSA) is 22.1 Å². The number of aromatic nitrogens is 1. The number of benzene rings is 4. The molecule has 4 aromatic carbocycles. The number of fused-ring (bicyclic) bond motifs is 5. The van der Waals surface area contributed by atoms with E-state index in [4.69, 9.17) is 9.72 Å². The van der Waals surface area contributed by atoms with E-state index >= 15 is 0 Å². The number of aryl methyl sites for hydroxylation is 1. The molecule has 1 aliphatic carbocycles. The number of rotatable bonds is 1. The largest absolute Gasteiger partial charge is 0.456 e. The molecule has 31 heavy (non-hydrogen) atoms. The molecule has 1 fully saturated rings. The van der Waals surface area contributed by atoms with Crippen molar-refractivity contribution in [2.24, 2.45) is 0 Å². The Hall–Kier alpha value is -3.39. The Morgan fingerprint density at radius 1 is 0.839 bits per heavy atom. The molecule has 2 nitrogen and oxygen atoms in total. The van der Waals surface area contributed by atoms with Gasteiger partial charge >= 0.3 is 0 Å². The van der Waals surface area contributed by atoms with Crippen LogP contribution in [0.25, 0.3) is 43.6 Å². The molecule has 150 valence electrons. The lowest BCUT2D eigenvalue weighted by Gasteiger charge is -2.24. The molecule has 0 amide bonds. The maximum Gasteiger partial charge on any atom is 0.140 e. The standard InChI is InChI=1S/C29H23NO/c1-17-22-9-5-4-8-20(22)15-25-28-27-24(12-13-30-28)23-11-10-19(18-6-2-3-7-18)14-21(23)16-26(27)31-29(17)25/h4-5,8-16,18H,2-3,6-7H2,1H3. The summed E-state index contributed by atoms with van der Waals surface area (Å²) in [7, 11) is 0. The molecule has 0 N–H and O–H groups in total. The van der Waals surface area contributed by atoms with Crippen LogP contribution in [0.5, 0.6) is 11.5 Å². The molecular formula is C29H23NO. The molecule has 1 saturated carbocycles. The van der Waals surface area contributed by atoms with E-state index in [0.717, 1.165) is 28.1 Å². The summed E-state index contributed by atoms with van der Waals surface area (Å²) in [5, 5.41) is 7.38. The number of hydrogen-bond donors (Lipinski definition) is 0. The average Bonchev–Trinajstić information content (AvgIpc) is 3.35. The van der Waals surface area contributed by atoms with Gasteiger partial charge in [-0.1, -0.05) is 55.3 Å². The maximum absolute atomic E-state index is 6.62. The van der Waals surface area contributed by atoms with E-state index in [0.29, 0.717) is 5.92 Å². The third-order valence-corrected chi connectivity index (χ3v) is 7.39. The van der Waals surface area contributed by atoms with Gasteiger partial charge in [0.05, 0.1) is 11.1 Å². The van der Waals surface area contributed by atoms with Gasteiger partial charge < -0.3 is 4.74 Å².